The quantitative estimate of drug-likeness (QED) is 0.352. The topological polar surface area (TPSA) is 60.0 Å². The maximum Gasteiger partial charge on any atom is 2.00 e. The Morgan fingerprint density at radius 1 is 0.750 bits per heavy atom. The van der Waals surface area contributed by atoms with Crippen LogP contribution in [0.25, 0.3) is 0 Å². The van der Waals surface area contributed by atoms with Gasteiger partial charge in [0.2, 0.25) is 0 Å². The van der Waals surface area contributed by atoms with Gasteiger partial charge in [-0.2, -0.15) is 0 Å². The molecule has 30 valence electrons. The Kier molecular flexibility index (Phi) is 1020. The van der Waals surface area contributed by atoms with Crippen LogP contribution in [0.2, 0.25) is 0 Å². The molecule has 4 heavy (non-hydrogen) atoms. The molecule has 0 atom stereocenters. The van der Waals surface area contributed by atoms with Gasteiger partial charge in [0.05, 0.1) is 0 Å². The molecule has 0 saturated heterocycles. The summed E-state index contributed by atoms with van der Waals surface area (Å²) >= 11 is 0. The second-order valence-electron chi connectivity index (χ2n) is 0. The van der Waals surface area contributed by atoms with Crippen molar-refractivity contribution in [3.05, 3.63) is 0 Å². The molecule has 0 aromatic rings. The zero-order valence-electron chi connectivity index (χ0n) is 1.64. The molecule has 2 N–H and O–H groups in total. The van der Waals surface area contributed by atoms with Crippen LogP contribution >= 0.6 is 9.90 Å². The summed E-state index contributed by atoms with van der Waals surface area (Å²) in [5, 5.41) is 0. The monoisotopic (exact) mass is 128 g/mol. The first-order valence-corrected chi connectivity index (χ1v) is 0. The van der Waals surface area contributed by atoms with Crippen LogP contribution in [0.15, 0.2) is 0 Å². The predicted octanol–water partition coefficient (Wildman–Crippen LogP) is 0.505. The molecule has 0 aliphatic heterocycles. The summed E-state index contributed by atoms with van der Waals surface area (Å²) in [6, 6.07) is 0. The Bertz CT molecular complexity index is 6.00. The molecule has 0 unspecified atom stereocenters. The number of hydrogen-bond acceptors (Lipinski definition) is 2. The normalized spacial score (nSPS) is 0. The van der Waals surface area contributed by atoms with Gasteiger partial charge in [0.1, 0.15) is 0 Å². The van der Waals surface area contributed by atoms with Gasteiger partial charge in [-0.3, -0.25) is 0 Å². The molecular formula is H2CuO2P. The fraction of sp³-hybridized carbons (Fsp3) is 0. The second-order valence-corrected chi connectivity index (χ2v) is 0. The number of hydrogen-bond donors (Lipinski definition) is 0. The largest absolute Gasteiger partial charge is 2.00 e. The van der Waals surface area contributed by atoms with Crippen molar-refractivity contribution in [2.24, 2.45) is 0 Å². The van der Waals surface area contributed by atoms with Gasteiger partial charge in [-0.15, -0.1) is 0 Å². The third kappa shape index (κ3) is 13.3. The smallest absolute Gasteiger partial charge is 0.870 e. The molecule has 4 heteroatoms. The Morgan fingerprint density at radius 3 is 0.750 bits per heavy atom. The summed E-state index contributed by atoms with van der Waals surface area (Å²) in [5.74, 6) is 0. The molecule has 4 radical (unpaired) electrons. The van der Waals surface area contributed by atoms with Gasteiger partial charge in [-0.1, -0.05) is 0 Å². The third-order valence-electron chi connectivity index (χ3n) is 0. The maximum atomic E-state index is 0. The van der Waals surface area contributed by atoms with Crippen LogP contribution in [0, 0.1) is 0 Å². The number of rotatable bonds is 0. The van der Waals surface area contributed by atoms with Crippen molar-refractivity contribution in [2.75, 3.05) is 0 Å². The molecule has 0 bridgehead atoms. The molecule has 0 saturated carbocycles. The SMILES string of the molecule is [Cu+2].[OH-].[OH-].[P]. The van der Waals surface area contributed by atoms with E-state index in [-0.39, 0.29) is 37.9 Å². The van der Waals surface area contributed by atoms with Crippen LogP contribution in [0.4, 0.5) is 0 Å². The first-order valence-electron chi connectivity index (χ1n) is 0. The van der Waals surface area contributed by atoms with Crippen molar-refractivity contribution in [3.63, 3.8) is 0 Å². The van der Waals surface area contributed by atoms with Gasteiger partial charge in [0.15, 0.2) is 0 Å². The van der Waals surface area contributed by atoms with E-state index in [1.807, 2.05) is 0 Å². The average Bonchev–Trinajstić information content (AvgIpc) is 0. The Labute approximate surface area is 38.7 Å². The standard InChI is InChI=1S/Cu.2H2O.P/h;2*1H2;/q+2;;;/p-2. The molecular weight excluding hydrogens is 127 g/mol. The first kappa shape index (κ1) is 96.4. The fourth-order valence-corrected chi connectivity index (χ4v) is 0. The van der Waals surface area contributed by atoms with Crippen molar-refractivity contribution in [1.82, 2.24) is 0 Å². The van der Waals surface area contributed by atoms with Crippen LogP contribution in [0.1, 0.15) is 0 Å². The molecule has 0 heterocycles. The van der Waals surface area contributed by atoms with Gasteiger partial charge < -0.3 is 11.0 Å². The van der Waals surface area contributed by atoms with Crippen LogP contribution < -0.4 is 0 Å². The minimum atomic E-state index is 0. The van der Waals surface area contributed by atoms with Gasteiger partial charge in [0, 0.05) is 9.90 Å². The van der Waals surface area contributed by atoms with Gasteiger partial charge in [0.25, 0.3) is 0 Å². The van der Waals surface area contributed by atoms with Gasteiger partial charge >= 0.3 is 17.1 Å². The maximum absolute atomic E-state index is 0. The van der Waals surface area contributed by atoms with Crippen LogP contribution in [-0.4, -0.2) is 11.0 Å². The second kappa shape index (κ2) is 42.1. The summed E-state index contributed by atoms with van der Waals surface area (Å²) in [5.41, 5.74) is 0. The van der Waals surface area contributed by atoms with Crippen LogP contribution in [0.5, 0.6) is 0 Å². The van der Waals surface area contributed by atoms with E-state index in [0.29, 0.717) is 0 Å². The van der Waals surface area contributed by atoms with E-state index in [4.69, 9.17) is 0 Å². The molecule has 0 aliphatic carbocycles. The summed E-state index contributed by atoms with van der Waals surface area (Å²) in [6.45, 7) is 0. The van der Waals surface area contributed by atoms with Gasteiger partial charge in [-0.25, -0.2) is 0 Å². The van der Waals surface area contributed by atoms with Gasteiger partial charge in [-0.05, 0) is 0 Å². The van der Waals surface area contributed by atoms with E-state index >= 15 is 0 Å². The van der Waals surface area contributed by atoms with E-state index in [1.54, 1.807) is 0 Å². The molecule has 0 aromatic heterocycles. The fourth-order valence-electron chi connectivity index (χ4n) is 0. The molecule has 0 fully saturated rings. The summed E-state index contributed by atoms with van der Waals surface area (Å²) < 4.78 is 0. The van der Waals surface area contributed by atoms with Crippen molar-refractivity contribution in [1.29, 1.82) is 0 Å². The summed E-state index contributed by atoms with van der Waals surface area (Å²) in [7, 11) is 0. The zero-order valence-corrected chi connectivity index (χ0v) is 3.48. The molecule has 0 aliphatic rings. The molecule has 0 spiro atoms. The Balaban J connectivity index is 0. The van der Waals surface area contributed by atoms with Crippen molar-refractivity contribution >= 4 is 9.90 Å². The molecule has 2 nitrogen and oxygen atoms in total. The average molecular weight is 129 g/mol. The van der Waals surface area contributed by atoms with E-state index in [2.05, 4.69) is 0 Å². The molecule has 0 amide bonds. The van der Waals surface area contributed by atoms with E-state index in [0.717, 1.165) is 0 Å². The minimum absolute atomic E-state index is 0. The summed E-state index contributed by atoms with van der Waals surface area (Å²) in [4.78, 5) is 0. The Hall–Kier alpha value is 0.869. The zero-order chi connectivity index (χ0) is 0. The minimum Gasteiger partial charge on any atom is -0.870 e. The first-order chi connectivity index (χ1) is 0. The predicted molar refractivity (Wildman–Crippen MR) is 10.8 cm³/mol. The van der Waals surface area contributed by atoms with Crippen LogP contribution in [0.3, 0.4) is 0 Å². The van der Waals surface area contributed by atoms with E-state index in [1.165, 1.54) is 0 Å². The summed E-state index contributed by atoms with van der Waals surface area (Å²) in [6.07, 6.45) is 0. The third-order valence-corrected chi connectivity index (χ3v) is 0. The van der Waals surface area contributed by atoms with E-state index in [9.17, 15) is 0 Å². The Morgan fingerprint density at radius 2 is 0.750 bits per heavy atom. The van der Waals surface area contributed by atoms with E-state index < -0.39 is 0 Å². The van der Waals surface area contributed by atoms with Crippen molar-refractivity contribution < 1.29 is 28.0 Å². The van der Waals surface area contributed by atoms with Crippen molar-refractivity contribution in [2.45, 2.75) is 0 Å². The molecule has 0 aromatic carbocycles. The molecule has 0 rings (SSSR count). The van der Waals surface area contributed by atoms with Crippen LogP contribution in [-0.2, 0) is 17.1 Å². The van der Waals surface area contributed by atoms with Crippen molar-refractivity contribution in [3.8, 4) is 0 Å².